The highest BCUT2D eigenvalue weighted by atomic mass is 16.5. The molecule has 5 atom stereocenters. The van der Waals surface area contributed by atoms with E-state index in [2.05, 4.69) is 15.2 Å². The number of phenolic OH excluding ortho intramolecular Hbond substituents is 1. The highest BCUT2D eigenvalue weighted by Gasteiger charge is 2.73. The van der Waals surface area contributed by atoms with Gasteiger partial charge in [-0.3, -0.25) is 9.69 Å². The SMILES string of the molecule is N#Cc1cc(C(=O)N[C@@H]2CC[C@@]3(O)[C@H]4Cc5ccc(O)c6c5[C@@]3(CCN4CC3CC3)[C@H]2O6)ccn1. The predicted molar refractivity (Wildman–Crippen MR) is 125 cm³/mol. The summed E-state index contributed by atoms with van der Waals surface area (Å²) in [5.74, 6) is 0.996. The van der Waals surface area contributed by atoms with E-state index in [9.17, 15) is 15.0 Å². The Balaban J connectivity index is 1.28. The van der Waals surface area contributed by atoms with E-state index in [0.717, 1.165) is 43.0 Å². The first-order valence-electron chi connectivity index (χ1n) is 12.6. The van der Waals surface area contributed by atoms with Crippen LogP contribution in [-0.2, 0) is 11.8 Å². The Kier molecular flexibility index (Phi) is 4.34. The number of amides is 1. The number of pyridine rings is 1. The molecule has 2 saturated carbocycles. The van der Waals surface area contributed by atoms with Crippen molar-refractivity contribution in [3.05, 3.63) is 52.8 Å². The third-order valence-corrected chi connectivity index (χ3v) is 9.22. The van der Waals surface area contributed by atoms with Crippen LogP contribution in [0.15, 0.2) is 30.5 Å². The molecule has 35 heavy (non-hydrogen) atoms. The number of piperidine rings is 1. The normalized spacial score (nSPS) is 34.5. The maximum atomic E-state index is 13.2. The topological polar surface area (TPSA) is 119 Å². The van der Waals surface area contributed by atoms with Gasteiger partial charge in [-0.2, -0.15) is 5.26 Å². The van der Waals surface area contributed by atoms with Crippen molar-refractivity contribution in [3.63, 3.8) is 0 Å². The molecule has 8 nitrogen and oxygen atoms in total. The number of likely N-dealkylation sites (tertiary alicyclic amines) is 1. The molecule has 3 aliphatic carbocycles. The molecule has 7 rings (SSSR count). The summed E-state index contributed by atoms with van der Waals surface area (Å²) in [4.78, 5) is 19.6. The fourth-order valence-electron chi connectivity index (χ4n) is 7.51. The van der Waals surface area contributed by atoms with Gasteiger partial charge < -0.3 is 20.3 Å². The number of nitriles is 1. The second-order valence-corrected chi connectivity index (χ2v) is 11.0. The fourth-order valence-corrected chi connectivity index (χ4v) is 7.51. The fraction of sp³-hybridized carbons (Fsp3) is 0.519. The Labute approximate surface area is 203 Å². The number of carbonyl (C=O) groups is 1. The van der Waals surface area contributed by atoms with Gasteiger partial charge in [0.05, 0.1) is 17.1 Å². The van der Waals surface area contributed by atoms with Crippen LogP contribution in [-0.4, -0.2) is 62.9 Å². The summed E-state index contributed by atoms with van der Waals surface area (Å²) in [6, 6.07) is 8.39. The van der Waals surface area contributed by atoms with Crippen LogP contribution in [0.25, 0.3) is 0 Å². The molecular formula is C27H28N4O4. The average Bonchev–Trinajstić information content (AvgIpc) is 3.61. The zero-order chi connectivity index (χ0) is 23.9. The van der Waals surface area contributed by atoms with Gasteiger partial charge in [0.2, 0.25) is 0 Å². The summed E-state index contributed by atoms with van der Waals surface area (Å²) < 4.78 is 6.49. The van der Waals surface area contributed by atoms with Crippen molar-refractivity contribution in [1.82, 2.24) is 15.2 Å². The van der Waals surface area contributed by atoms with E-state index in [1.165, 1.54) is 25.1 Å². The zero-order valence-electron chi connectivity index (χ0n) is 19.4. The number of aromatic hydroxyl groups is 1. The number of ether oxygens (including phenoxy) is 1. The number of carbonyl (C=O) groups excluding carboxylic acids is 1. The van der Waals surface area contributed by atoms with Gasteiger partial charge in [0, 0.05) is 29.9 Å². The largest absolute Gasteiger partial charge is 0.504 e. The molecule has 1 spiro atoms. The number of hydrogen-bond acceptors (Lipinski definition) is 7. The Morgan fingerprint density at radius 1 is 1.29 bits per heavy atom. The molecule has 1 amide bonds. The van der Waals surface area contributed by atoms with Crippen molar-refractivity contribution < 1.29 is 19.7 Å². The molecule has 2 aromatic rings. The van der Waals surface area contributed by atoms with Gasteiger partial charge >= 0.3 is 0 Å². The second kappa shape index (κ2) is 7.19. The van der Waals surface area contributed by atoms with E-state index in [1.54, 1.807) is 12.1 Å². The van der Waals surface area contributed by atoms with Crippen molar-refractivity contribution in [2.45, 2.75) is 67.7 Å². The summed E-state index contributed by atoms with van der Waals surface area (Å²) in [5, 5.41) is 35.5. The second-order valence-electron chi connectivity index (χ2n) is 11.0. The van der Waals surface area contributed by atoms with Crippen LogP contribution in [0.1, 0.15) is 59.3 Å². The maximum Gasteiger partial charge on any atom is 0.251 e. The van der Waals surface area contributed by atoms with Crippen LogP contribution >= 0.6 is 0 Å². The molecule has 8 heteroatoms. The molecule has 1 aromatic heterocycles. The van der Waals surface area contributed by atoms with Gasteiger partial charge in [0.25, 0.3) is 5.91 Å². The van der Waals surface area contributed by atoms with Crippen LogP contribution in [0.2, 0.25) is 0 Å². The van der Waals surface area contributed by atoms with Crippen molar-refractivity contribution in [2.75, 3.05) is 13.1 Å². The van der Waals surface area contributed by atoms with Crippen LogP contribution in [0.4, 0.5) is 0 Å². The van der Waals surface area contributed by atoms with E-state index < -0.39 is 17.1 Å². The van der Waals surface area contributed by atoms with Crippen molar-refractivity contribution >= 4 is 5.91 Å². The van der Waals surface area contributed by atoms with Crippen LogP contribution in [0, 0.1) is 17.2 Å². The van der Waals surface area contributed by atoms with Gasteiger partial charge in [-0.25, -0.2) is 4.98 Å². The molecule has 3 N–H and O–H groups in total. The summed E-state index contributed by atoms with van der Waals surface area (Å²) in [5.41, 5.74) is 0.979. The minimum atomic E-state index is -0.983. The minimum Gasteiger partial charge on any atom is -0.504 e. The third kappa shape index (κ3) is 2.79. The van der Waals surface area contributed by atoms with E-state index in [4.69, 9.17) is 10.00 Å². The Hall–Kier alpha value is -3.15. The number of nitrogens with one attached hydrogen (secondary N) is 1. The summed E-state index contributed by atoms with van der Waals surface area (Å²) in [6.45, 7) is 1.90. The van der Waals surface area contributed by atoms with Crippen LogP contribution in [0.3, 0.4) is 0 Å². The lowest BCUT2D eigenvalue weighted by molar-refractivity contribution is -0.191. The number of phenols is 1. The quantitative estimate of drug-likeness (QED) is 0.623. The van der Waals surface area contributed by atoms with Crippen LogP contribution < -0.4 is 10.1 Å². The van der Waals surface area contributed by atoms with E-state index in [-0.39, 0.29) is 29.4 Å². The van der Waals surface area contributed by atoms with Gasteiger partial charge in [0.15, 0.2) is 11.5 Å². The molecule has 3 heterocycles. The standard InChI is InChI=1S/C27H28N4O4/c28-13-18-11-17(6-9-29-18)25(33)30-19-5-7-27(34)21-12-16-3-4-20(32)23-22(16)26(27,24(19)35-23)8-10-31(21)14-15-1-2-15/h3-4,6,9,11,15,19,21,24,32,34H,1-2,5,7-8,10,12,14H2,(H,30,33)/t19-,21-,24+,26+,27-/m1/s1. The number of hydrogen-bond donors (Lipinski definition) is 3. The van der Waals surface area contributed by atoms with E-state index >= 15 is 0 Å². The lowest BCUT2D eigenvalue weighted by Gasteiger charge is -2.64. The molecule has 2 aliphatic heterocycles. The summed E-state index contributed by atoms with van der Waals surface area (Å²) >= 11 is 0. The smallest absolute Gasteiger partial charge is 0.251 e. The average molecular weight is 473 g/mol. The lowest BCUT2D eigenvalue weighted by atomic mass is 9.48. The Bertz CT molecular complexity index is 1290. The Morgan fingerprint density at radius 2 is 2.14 bits per heavy atom. The maximum absolute atomic E-state index is 13.2. The first-order chi connectivity index (χ1) is 16.9. The Morgan fingerprint density at radius 3 is 2.94 bits per heavy atom. The molecule has 5 aliphatic rings. The highest BCUT2D eigenvalue weighted by Crippen LogP contribution is 2.65. The van der Waals surface area contributed by atoms with Crippen molar-refractivity contribution in [3.8, 4) is 17.6 Å². The van der Waals surface area contributed by atoms with Gasteiger partial charge in [-0.1, -0.05) is 6.07 Å². The zero-order valence-corrected chi connectivity index (χ0v) is 19.4. The molecular weight excluding hydrogens is 444 g/mol. The number of aromatic nitrogens is 1. The molecule has 2 bridgehead atoms. The highest BCUT2D eigenvalue weighted by molar-refractivity contribution is 5.94. The van der Waals surface area contributed by atoms with Gasteiger partial charge in [0.1, 0.15) is 17.9 Å². The lowest BCUT2D eigenvalue weighted by Crippen LogP contribution is -2.78. The van der Waals surface area contributed by atoms with E-state index in [0.29, 0.717) is 24.2 Å². The van der Waals surface area contributed by atoms with E-state index in [1.807, 2.05) is 12.1 Å². The number of rotatable bonds is 4. The number of benzene rings is 1. The van der Waals surface area contributed by atoms with Gasteiger partial charge in [-0.15, -0.1) is 0 Å². The molecule has 3 fully saturated rings. The minimum absolute atomic E-state index is 0.000906. The van der Waals surface area contributed by atoms with Crippen LogP contribution in [0.5, 0.6) is 11.5 Å². The first-order valence-corrected chi connectivity index (χ1v) is 12.6. The molecule has 1 aromatic carbocycles. The molecule has 180 valence electrons. The molecule has 1 saturated heterocycles. The number of aliphatic hydroxyl groups is 1. The van der Waals surface area contributed by atoms with Crippen molar-refractivity contribution in [2.24, 2.45) is 5.92 Å². The molecule has 0 unspecified atom stereocenters. The monoisotopic (exact) mass is 472 g/mol. The van der Waals surface area contributed by atoms with Crippen molar-refractivity contribution in [1.29, 1.82) is 5.26 Å². The first kappa shape index (κ1) is 21.2. The summed E-state index contributed by atoms with van der Waals surface area (Å²) in [7, 11) is 0. The number of nitrogens with zero attached hydrogens (tertiary/aromatic N) is 3. The predicted octanol–water partition coefficient (Wildman–Crippen LogP) is 2.02. The van der Waals surface area contributed by atoms with Gasteiger partial charge in [-0.05, 0) is 74.8 Å². The summed E-state index contributed by atoms with van der Waals surface area (Å²) in [6.07, 6.45) is 6.11. The third-order valence-electron chi connectivity index (χ3n) is 9.22. The molecule has 0 radical (unpaired) electrons.